The standard InChI is InChI=1S/C25H42O/c1-16(2)14-17(3)23-22(26)15-21-19-10-9-18-8-6-7-12-24(18,4)20(19)11-13-25(21,23)5/h16-21,23H,6-15H2,1-5H3/t17?,18-,19-,20+,21+,23+,24+,25+/m1/s1. The van der Waals surface area contributed by atoms with Gasteiger partial charge in [0.15, 0.2) is 0 Å². The average Bonchev–Trinajstić information content (AvgIpc) is 2.84. The Balaban J connectivity index is 1.60. The molecule has 4 rings (SSSR count). The van der Waals surface area contributed by atoms with Crippen LogP contribution in [-0.4, -0.2) is 5.78 Å². The molecule has 4 fully saturated rings. The number of carbonyl (C=O) groups is 1. The maximum absolute atomic E-state index is 13.2. The van der Waals surface area contributed by atoms with Gasteiger partial charge in [-0.15, -0.1) is 0 Å². The van der Waals surface area contributed by atoms with E-state index < -0.39 is 0 Å². The van der Waals surface area contributed by atoms with Gasteiger partial charge in [-0.2, -0.15) is 0 Å². The summed E-state index contributed by atoms with van der Waals surface area (Å²) in [4.78, 5) is 13.2. The lowest BCUT2D eigenvalue weighted by atomic mass is 9.44. The van der Waals surface area contributed by atoms with Crippen LogP contribution in [0.5, 0.6) is 0 Å². The topological polar surface area (TPSA) is 17.1 Å². The third-order valence-corrected chi connectivity index (χ3v) is 9.91. The van der Waals surface area contributed by atoms with Crippen molar-refractivity contribution < 1.29 is 4.79 Å². The van der Waals surface area contributed by atoms with E-state index in [1.54, 1.807) is 0 Å². The van der Waals surface area contributed by atoms with Crippen LogP contribution < -0.4 is 0 Å². The van der Waals surface area contributed by atoms with Gasteiger partial charge in [0.25, 0.3) is 0 Å². The molecule has 0 saturated heterocycles. The Morgan fingerprint density at radius 1 is 0.923 bits per heavy atom. The van der Waals surface area contributed by atoms with Gasteiger partial charge in [0.1, 0.15) is 5.78 Å². The maximum Gasteiger partial charge on any atom is 0.137 e. The van der Waals surface area contributed by atoms with Crippen LogP contribution in [0, 0.1) is 52.3 Å². The van der Waals surface area contributed by atoms with Crippen molar-refractivity contribution >= 4 is 5.78 Å². The van der Waals surface area contributed by atoms with Gasteiger partial charge in [0.05, 0.1) is 0 Å². The lowest BCUT2D eigenvalue weighted by Crippen LogP contribution is -2.53. The zero-order valence-electron chi connectivity index (χ0n) is 18.0. The minimum atomic E-state index is 0.296. The van der Waals surface area contributed by atoms with Crippen LogP contribution in [0.15, 0.2) is 0 Å². The second-order valence-electron chi connectivity index (χ2n) is 11.7. The zero-order chi connectivity index (χ0) is 18.7. The van der Waals surface area contributed by atoms with E-state index in [9.17, 15) is 4.79 Å². The summed E-state index contributed by atoms with van der Waals surface area (Å²) in [5.41, 5.74) is 0.887. The second-order valence-corrected chi connectivity index (χ2v) is 11.7. The first-order chi connectivity index (χ1) is 12.3. The summed E-state index contributed by atoms with van der Waals surface area (Å²) in [6.07, 6.45) is 13.6. The Morgan fingerprint density at radius 3 is 2.42 bits per heavy atom. The molecule has 0 aromatic rings. The molecule has 0 bridgehead atoms. The Bertz CT molecular complexity index is 550. The van der Waals surface area contributed by atoms with Crippen molar-refractivity contribution in [3.05, 3.63) is 0 Å². The van der Waals surface area contributed by atoms with Gasteiger partial charge >= 0.3 is 0 Å². The SMILES string of the molecule is CC(C)CC(C)[C@H]1C(=O)C[C@H]2[C@@H]3CC[C@H]4CCCC[C@]4(C)[C@H]3CC[C@]12C. The first-order valence-corrected chi connectivity index (χ1v) is 11.8. The number of rotatable bonds is 3. The van der Waals surface area contributed by atoms with E-state index in [1.165, 1.54) is 57.8 Å². The molecule has 0 radical (unpaired) electrons. The Hall–Kier alpha value is -0.330. The van der Waals surface area contributed by atoms with Crippen molar-refractivity contribution in [1.82, 2.24) is 0 Å². The lowest BCUT2D eigenvalue weighted by molar-refractivity contribution is -0.126. The monoisotopic (exact) mass is 358 g/mol. The van der Waals surface area contributed by atoms with Crippen molar-refractivity contribution in [3.63, 3.8) is 0 Å². The van der Waals surface area contributed by atoms with Gasteiger partial charge in [0, 0.05) is 12.3 Å². The summed E-state index contributed by atoms with van der Waals surface area (Å²) in [6, 6.07) is 0. The van der Waals surface area contributed by atoms with Crippen molar-refractivity contribution in [2.45, 2.75) is 98.8 Å². The molecule has 148 valence electrons. The molecule has 0 aliphatic heterocycles. The molecule has 0 heterocycles. The van der Waals surface area contributed by atoms with Crippen LogP contribution in [-0.2, 0) is 4.79 Å². The molecule has 0 N–H and O–H groups in total. The third kappa shape index (κ3) is 2.74. The predicted molar refractivity (Wildman–Crippen MR) is 109 cm³/mol. The van der Waals surface area contributed by atoms with Gasteiger partial charge in [-0.1, -0.05) is 47.5 Å². The molecule has 0 spiro atoms. The number of Topliss-reactive ketones (excluding diaryl/α,β-unsaturated/α-hetero) is 1. The second kappa shape index (κ2) is 6.63. The zero-order valence-corrected chi connectivity index (χ0v) is 18.0. The van der Waals surface area contributed by atoms with Crippen molar-refractivity contribution in [2.24, 2.45) is 52.3 Å². The highest BCUT2D eigenvalue weighted by atomic mass is 16.1. The summed E-state index contributed by atoms with van der Waals surface area (Å²) in [7, 11) is 0. The van der Waals surface area contributed by atoms with Crippen molar-refractivity contribution in [2.75, 3.05) is 0 Å². The van der Waals surface area contributed by atoms with Gasteiger partial charge in [-0.05, 0) is 91.3 Å². The van der Waals surface area contributed by atoms with Crippen LogP contribution >= 0.6 is 0 Å². The number of ketones is 1. The molecule has 4 aliphatic carbocycles. The first-order valence-electron chi connectivity index (χ1n) is 11.8. The minimum absolute atomic E-state index is 0.296. The summed E-state index contributed by atoms with van der Waals surface area (Å²) in [5, 5.41) is 0. The Labute approximate surface area is 162 Å². The Kier molecular flexibility index (Phi) is 4.84. The fourth-order valence-corrected chi connectivity index (χ4v) is 8.97. The highest BCUT2D eigenvalue weighted by Crippen LogP contribution is 2.67. The molecule has 4 aliphatic rings. The summed E-state index contributed by atoms with van der Waals surface area (Å²) >= 11 is 0. The van der Waals surface area contributed by atoms with Crippen LogP contribution in [0.3, 0.4) is 0 Å². The average molecular weight is 359 g/mol. The predicted octanol–water partition coefficient (Wildman–Crippen LogP) is 6.90. The minimum Gasteiger partial charge on any atom is -0.299 e. The third-order valence-electron chi connectivity index (χ3n) is 9.91. The molecular weight excluding hydrogens is 316 g/mol. The van der Waals surface area contributed by atoms with Gasteiger partial charge in [0.2, 0.25) is 0 Å². The first kappa shape index (κ1) is 19.0. The molecule has 0 amide bonds. The van der Waals surface area contributed by atoms with E-state index >= 15 is 0 Å². The smallest absolute Gasteiger partial charge is 0.137 e. The number of hydrogen-bond acceptors (Lipinski definition) is 1. The van der Waals surface area contributed by atoms with Gasteiger partial charge in [-0.25, -0.2) is 0 Å². The van der Waals surface area contributed by atoms with Crippen LogP contribution in [0.25, 0.3) is 0 Å². The summed E-state index contributed by atoms with van der Waals surface area (Å²) < 4.78 is 0. The molecule has 0 aromatic heterocycles. The van der Waals surface area contributed by atoms with E-state index in [4.69, 9.17) is 0 Å². The van der Waals surface area contributed by atoms with Gasteiger partial charge < -0.3 is 0 Å². The van der Waals surface area contributed by atoms with E-state index in [1.807, 2.05) is 0 Å². The summed E-state index contributed by atoms with van der Waals surface area (Å²) in [5.74, 6) is 5.65. The van der Waals surface area contributed by atoms with E-state index in [0.717, 1.165) is 24.2 Å². The van der Waals surface area contributed by atoms with Gasteiger partial charge in [-0.3, -0.25) is 4.79 Å². The maximum atomic E-state index is 13.2. The molecule has 26 heavy (non-hydrogen) atoms. The van der Waals surface area contributed by atoms with Crippen molar-refractivity contribution in [1.29, 1.82) is 0 Å². The fraction of sp³-hybridized carbons (Fsp3) is 0.960. The normalized spacial score (nSPS) is 49.5. The van der Waals surface area contributed by atoms with E-state index in [-0.39, 0.29) is 0 Å². The molecule has 4 saturated carbocycles. The highest BCUT2D eigenvalue weighted by molar-refractivity contribution is 5.85. The van der Waals surface area contributed by atoms with E-state index in [0.29, 0.717) is 40.3 Å². The quantitative estimate of drug-likeness (QED) is 0.536. The molecule has 8 atom stereocenters. The van der Waals surface area contributed by atoms with E-state index in [2.05, 4.69) is 34.6 Å². The van der Waals surface area contributed by atoms with Crippen LogP contribution in [0.1, 0.15) is 98.8 Å². The van der Waals surface area contributed by atoms with Crippen molar-refractivity contribution in [3.8, 4) is 0 Å². The fourth-order valence-electron chi connectivity index (χ4n) is 8.97. The van der Waals surface area contributed by atoms with Crippen LogP contribution in [0.2, 0.25) is 0 Å². The Morgan fingerprint density at radius 2 is 1.69 bits per heavy atom. The lowest BCUT2D eigenvalue weighted by Gasteiger charge is -2.60. The molecule has 1 heteroatoms. The largest absolute Gasteiger partial charge is 0.299 e. The number of carbonyl (C=O) groups excluding carboxylic acids is 1. The molecule has 1 unspecified atom stereocenters. The van der Waals surface area contributed by atoms with Crippen LogP contribution in [0.4, 0.5) is 0 Å². The molecular formula is C25H42O. The number of hydrogen-bond donors (Lipinski definition) is 0. The summed E-state index contributed by atoms with van der Waals surface area (Å²) in [6.45, 7) is 12.2. The molecule has 1 nitrogen and oxygen atoms in total. The molecule has 0 aromatic carbocycles. The highest BCUT2D eigenvalue weighted by Gasteiger charge is 2.62. The number of fused-ring (bicyclic) bond motifs is 5.